The molecule has 0 bridgehead atoms. The van der Waals surface area contributed by atoms with E-state index in [1.165, 1.54) is 24.3 Å². The smallest absolute Gasteiger partial charge is 0.340 e. The van der Waals surface area contributed by atoms with Crippen LogP contribution in [0.25, 0.3) is 22.1 Å². The van der Waals surface area contributed by atoms with Crippen molar-refractivity contribution in [1.29, 1.82) is 0 Å². The monoisotopic (exact) mass is 598 g/mol. The fraction of sp³-hybridized carbons (Fsp3) is 0.300. The lowest BCUT2D eigenvalue weighted by atomic mass is 10.1. The molecule has 3 N–H and O–H groups in total. The second-order valence-corrected chi connectivity index (χ2v) is 10.1. The van der Waals surface area contributed by atoms with Crippen LogP contribution in [0.5, 0.6) is 0 Å². The third-order valence-electron chi connectivity index (χ3n) is 5.28. The van der Waals surface area contributed by atoms with Crippen molar-refractivity contribution in [2.45, 2.75) is 35.4 Å². The maximum absolute atomic E-state index is 12.6. The molecular weight excluding hydrogens is 584 g/mol. The summed E-state index contributed by atoms with van der Waals surface area (Å²) in [6, 6.07) is 5.40. The molecule has 33 heavy (non-hydrogen) atoms. The zero-order valence-corrected chi connectivity index (χ0v) is 20.6. The summed E-state index contributed by atoms with van der Waals surface area (Å²) in [7, 11) is 0. The number of halogens is 2. The molecule has 1 aromatic carbocycles. The number of imidazole rings is 1. The number of nitrogens with zero attached hydrogens (tertiary/aromatic N) is 4. The average Bonchev–Trinajstić information content (AvgIpc) is 3.29. The van der Waals surface area contributed by atoms with E-state index in [1.807, 2.05) is 6.07 Å². The Kier molecular flexibility index (Phi) is 6.29. The molecule has 4 atom stereocenters. The van der Waals surface area contributed by atoms with Crippen molar-refractivity contribution < 1.29 is 24.5 Å². The first-order chi connectivity index (χ1) is 15.9. The van der Waals surface area contributed by atoms with Crippen molar-refractivity contribution in [2.24, 2.45) is 0 Å². The second kappa shape index (κ2) is 9.06. The van der Waals surface area contributed by atoms with Gasteiger partial charge in [-0.2, -0.15) is 0 Å². The van der Waals surface area contributed by atoms with Gasteiger partial charge in [0.2, 0.25) is 0 Å². The standard InChI is InChI=1S/C20H16Br2N4O6S/c21-10-2-8-1-9(19(30)32-16(8)11(22)3-10)6-33-20-25-12-4-23-7-24-17(12)26(20)18-15(29)14(28)13(5-27)31-18/h1-4,7,13-15,18,27-29H,5-6H2/t13-,14-,15-,18-/m1/s1. The number of aromatic nitrogens is 4. The number of aliphatic hydroxyl groups excluding tert-OH is 3. The third kappa shape index (κ3) is 4.11. The van der Waals surface area contributed by atoms with Crippen LogP contribution in [0.2, 0.25) is 0 Å². The number of rotatable bonds is 5. The summed E-state index contributed by atoms with van der Waals surface area (Å²) in [6.45, 7) is -0.456. The summed E-state index contributed by atoms with van der Waals surface area (Å²) in [5.74, 6) is 0.216. The number of hydrogen-bond donors (Lipinski definition) is 3. The lowest BCUT2D eigenvalue weighted by Gasteiger charge is -2.19. The Labute approximate surface area is 206 Å². The lowest BCUT2D eigenvalue weighted by Crippen LogP contribution is -2.33. The molecular formula is C20H16Br2N4O6S. The molecule has 1 fully saturated rings. The molecule has 3 aromatic heterocycles. The highest BCUT2D eigenvalue weighted by Gasteiger charge is 2.44. The first kappa shape index (κ1) is 22.9. The number of benzene rings is 1. The SMILES string of the molecule is O=c1oc2c(Br)cc(Br)cc2cc1CSc1nc2cncnc2n1[C@@H]1O[C@H](CO)[C@@H](O)[C@H]1O. The number of hydrogen-bond acceptors (Lipinski definition) is 10. The largest absolute Gasteiger partial charge is 0.421 e. The molecule has 0 amide bonds. The predicted octanol–water partition coefficient (Wildman–Crippen LogP) is 2.36. The third-order valence-corrected chi connectivity index (χ3v) is 7.32. The molecule has 172 valence electrons. The van der Waals surface area contributed by atoms with Crippen LogP contribution in [0.15, 0.2) is 54.0 Å². The zero-order chi connectivity index (χ0) is 23.3. The van der Waals surface area contributed by atoms with Gasteiger partial charge in [-0.25, -0.2) is 19.7 Å². The Hall–Kier alpha value is -1.87. The van der Waals surface area contributed by atoms with Gasteiger partial charge in [-0.05, 0) is 34.1 Å². The van der Waals surface area contributed by atoms with Gasteiger partial charge in [-0.3, -0.25) is 4.57 Å². The summed E-state index contributed by atoms with van der Waals surface area (Å²) in [6.07, 6.45) is -1.71. The summed E-state index contributed by atoms with van der Waals surface area (Å²) in [5.41, 5.74) is 1.24. The summed E-state index contributed by atoms with van der Waals surface area (Å²) in [4.78, 5) is 25.3. The Balaban J connectivity index is 1.52. The van der Waals surface area contributed by atoms with E-state index in [0.29, 0.717) is 31.9 Å². The van der Waals surface area contributed by atoms with Crippen LogP contribution >= 0.6 is 43.6 Å². The number of ether oxygens (including phenoxy) is 1. The number of aliphatic hydroxyl groups is 3. The van der Waals surface area contributed by atoms with E-state index in [-0.39, 0.29) is 5.75 Å². The van der Waals surface area contributed by atoms with Crippen LogP contribution in [0.4, 0.5) is 0 Å². The number of fused-ring (bicyclic) bond motifs is 2. The van der Waals surface area contributed by atoms with E-state index < -0.39 is 36.8 Å². The molecule has 5 rings (SSSR count). The lowest BCUT2D eigenvalue weighted by molar-refractivity contribution is -0.0548. The maximum atomic E-state index is 12.6. The fourth-order valence-corrected chi connectivity index (χ4v) is 6.01. The van der Waals surface area contributed by atoms with Gasteiger partial charge in [0.25, 0.3) is 0 Å². The van der Waals surface area contributed by atoms with Crippen molar-refractivity contribution in [3.05, 3.63) is 55.7 Å². The van der Waals surface area contributed by atoms with Crippen LogP contribution in [0, 0.1) is 0 Å². The van der Waals surface area contributed by atoms with Crippen LogP contribution in [0.3, 0.4) is 0 Å². The van der Waals surface area contributed by atoms with Crippen molar-refractivity contribution in [2.75, 3.05) is 6.61 Å². The number of thioether (sulfide) groups is 1. The summed E-state index contributed by atoms with van der Waals surface area (Å²) in [5, 5.41) is 31.4. The van der Waals surface area contributed by atoms with Crippen LogP contribution in [0.1, 0.15) is 11.8 Å². The molecule has 0 spiro atoms. The highest BCUT2D eigenvalue weighted by atomic mass is 79.9. The average molecular weight is 600 g/mol. The van der Waals surface area contributed by atoms with Gasteiger partial charge in [-0.15, -0.1) is 0 Å². The molecule has 13 heteroatoms. The van der Waals surface area contributed by atoms with Crippen molar-refractivity contribution in [1.82, 2.24) is 19.5 Å². The van der Waals surface area contributed by atoms with E-state index in [0.717, 1.165) is 9.86 Å². The Morgan fingerprint density at radius 1 is 1.18 bits per heavy atom. The minimum absolute atomic E-state index is 0.216. The van der Waals surface area contributed by atoms with Crippen molar-refractivity contribution in [3.8, 4) is 0 Å². The molecule has 1 aliphatic heterocycles. The first-order valence-corrected chi connectivity index (χ1v) is 12.3. The van der Waals surface area contributed by atoms with Gasteiger partial charge < -0.3 is 24.5 Å². The first-order valence-electron chi connectivity index (χ1n) is 9.72. The molecule has 1 aliphatic rings. The Bertz CT molecular complexity index is 1410. The van der Waals surface area contributed by atoms with Gasteiger partial charge in [0.05, 0.1) is 17.3 Å². The van der Waals surface area contributed by atoms with Gasteiger partial charge in [0.15, 0.2) is 22.6 Å². The van der Waals surface area contributed by atoms with E-state index in [9.17, 15) is 20.1 Å². The molecule has 4 heterocycles. The second-order valence-electron chi connectivity index (χ2n) is 7.38. The minimum atomic E-state index is -1.31. The molecule has 0 radical (unpaired) electrons. The maximum Gasteiger partial charge on any atom is 0.340 e. The van der Waals surface area contributed by atoms with Gasteiger partial charge in [0, 0.05) is 21.2 Å². The molecule has 0 aliphatic carbocycles. The van der Waals surface area contributed by atoms with Crippen LogP contribution in [-0.4, -0.2) is 59.8 Å². The summed E-state index contributed by atoms with van der Waals surface area (Å²) < 4.78 is 14.2. The van der Waals surface area contributed by atoms with Crippen molar-refractivity contribution in [3.63, 3.8) is 0 Å². The minimum Gasteiger partial charge on any atom is -0.421 e. The van der Waals surface area contributed by atoms with Gasteiger partial charge in [0.1, 0.15) is 30.2 Å². The highest BCUT2D eigenvalue weighted by molar-refractivity contribution is 9.11. The topological polar surface area (TPSA) is 144 Å². The Morgan fingerprint density at radius 2 is 2.00 bits per heavy atom. The molecule has 0 saturated carbocycles. The zero-order valence-electron chi connectivity index (χ0n) is 16.6. The Morgan fingerprint density at radius 3 is 2.76 bits per heavy atom. The highest BCUT2D eigenvalue weighted by Crippen LogP contribution is 2.36. The van der Waals surface area contributed by atoms with E-state index in [1.54, 1.807) is 16.7 Å². The van der Waals surface area contributed by atoms with Crippen LogP contribution < -0.4 is 5.63 Å². The van der Waals surface area contributed by atoms with Gasteiger partial charge in [-0.1, -0.05) is 27.7 Å². The normalized spacial score (nSPS) is 23.1. The fourth-order valence-electron chi connectivity index (χ4n) is 3.70. The molecule has 1 saturated heterocycles. The molecule has 0 unspecified atom stereocenters. The van der Waals surface area contributed by atoms with Crippen molar-refractivity contribution >= 4 is 65.8 Å². The summed E-state index contributed by atoms with van der Waals surface area (Å²) >= 11 is 8.05. The molecule has 10 nitrogen and oxygen atoms in total. The predicted molar refractivity (Wildman–Crippen MR) is 126 cm³/mol. The van der Waals surface area contributed by atoms with Crippen LogP contribution in [-0.2, 0) is 10.5 Å². The van der Waals surface area contributed by atoms with Gasteiger partial charge >= 0.3 is 5.63 Å². The van der Waals surface area contributed by atoms with E-state index in [4.69, 9.17) is 9.15 Å². The quantitative estimate of drug-likeness (QED) is 0.231. The van der Waals surface area contributed by atoms with E-state index >= 15 is 0 Å². The van der Waals surface area contributed by atoms with E-state index in [2.05, 4.69) is 46.8 Å². The molecule has 4 aromatic rings.